The van der Waals surface area contributed by atoms with Gasteiger partial charge in [0.15, 0.2) is 0 Å². The van der Waals surface area contributed by atoms with Crippen LogP contribution >= 0.6 is 0 Å². The Bertz CT molecular complexity index is 666. The van der Waals surface area contributed by atoms with Crippen molar-refractivity contribution in [2.24, 2.45) is 5.92 Å². The Hall–Kier alpha value is -2.62. The highest BCUT2D eigenvalue weighted by Gasteiger charge is 2.21. The highest BCUT2D eigenvalue weighted by Crippen LogP contribution is 2.11. The van der Waals surface area contributed by atoms with E-state index < -0.39 is 29.6 Å². The lowest BCUT2D eigenvalue weighted by Gasteiger charge is -2.18. The molecule has 0 saturated heterocycles. The fraction of sp³-hybridized carbons (Fsp3) is 0.524. The normalized spacial score (nSPS) is 11.6. The molecule has 0 aliphatic carbocycles. The van der Waals surface area contributed by atoms with Gasteiger partial charge in [-0.3, -0.25) is 4.79 Å². The fourth-order valence-corrected chi connectivity index (χ4v) is 2.70. The summed E-state index contributed by atoms with van der Waals surface area (Å²) in [5, 5.41) is 7.73. The van der Waals surface area contributed by atoms with Gasteiger partial charge in [0.25, 0.3) is 0 Å². The molecule has 0 spiro atoms. The molecule has 0 unspecified atom stereocenters. The predicted molar refractivity (Wildman–Crippen MR) is 106 cm³/mol. The van der Waals surface area contributed by atoms with Crippen molar-refractivity contribution in [2.45, 2.75) is 52.0 Å². The summed E-state index contributed by atoms with van der Waals surface area (Å²) in [6.45, 7) is 4.81. The summed E-state index contributed by atoms with van der Waals surface area (Å²) in [4.78, 5) is 24.4. The van der Waals surface area contributed by atoms with Crippen molar-refractivity contribution in [2.75, 3.05) is 13.1 Å². The molecule has 28 heavy (non-hydrogen) atoms. The molecule has 0 radical (unpaired) electrons. The molecule has 1 aromatic carbocycles. The molecule has 0 aromatic heterocycles. The lowest BCUT2D eigenvalue weighted by atomic mass is 10.0. The van der Waals surface area contributed by atoms with Crippen LogP contribution < -0.4 is 16.0 Å². The molecule has 0 bridgehead atoms. The number of carbonyl (C=O) groups excluding carboxylic acids is 2. The van der Waals surface area contributed by atoms with E-state index in [1.807, 2.05) is 0 Å². The minimum Gasteiger partial charge on any atom is -0.343 e. The first-order valence-corrected chi connectivity index (χ1v) is 9.52. The van der Waals surface area contributed by atoms with Gasteiger partial charge in [-0.2, -0.15) is 0 Å². The second-order valence-corrected chi connectivity index (χ2v) is 7.10. The summed E-state index contributed by atoms with van der Waals surface area (Å²) >= 11 is 0. The molecular weight excluding hydrogens is 364 g/mol. The summed E-state index contributed by atoms with van der Waals surface area (Å²) in [5.41, 5.74) is 0.257. The maximum Gasteiger partial charge on any atom is 0.315 e. The fourth-order valence-electron chi connectivity index (χ4n) is 2.70. The van der Waals surface area contributed by atoms with Crippen molar-refractivity contribution >= 4 is 11.9 Å². The number of nitrogens with one attached hydrogen (secondary N) is 3. The minimum atomic E-state index is -1.00. The monoisotopic (exact) mass is 393 g/mol. The van der Waals surface area contributed by atoms with Gasteiger partial charge in [0, 0.05) is 19.0 Å². The van der Waals surface area contributed by atoms with Crippen molar-refractivity contribution in [3.05, 3.63) is 35.4 Å². The number of terminal acetylenes is 1. The lowest BCUT2D eigenvalue weighted by molar-refractivity contribution is -0.122. The molecule has 1 aromatic rings. The van der Waals surface area contributed by atoms with Gasteiger partial charge >= 0.3 is 6.03 Å². The van der Waals surface area contributed by atoms with Crippen LogP contribution in [-0.2, 0) is 11.2 Å². The number of unbranched alkanes of at least 4 members (excludes halogenated alkanes) is 2. The molecule has 0 saturated carbocycles. The third-order valence-corrected chi connectivity index (χ3v) is 4.09. The van der Waals surface area contributed by atoms with E-state index in [1.165, 1.54) is 0 Å². The molecule has 0 aliphatic rings. The first-order valence-electron chi connectivity index (χ1n) is 9.52. The number of hydrogen-bond donors (Lipinski definition) is 3. The molecule has 1 atom stereocenters. The highest BCUT2D eigenvalue weighted by atomic mass is 19.1. The van der Waals surface area contributed by atoms with E-state index in [0.29, 0.717) is 12.5 Å². The average molecular weight is 393 g/mol. The van der Waals surface area contributed by atoms with E-state index in [9.17, 15) is 18.4 Å². The molecular formula is C21H29F2N3O2. The summed E-state index contributed by atoms with van der Waals surface area (Å²) < 4.78 is 26.8. The van der Waals surface area contributed by atoms with E-state index in [1.54, 1.807) is 0 Å². The van der Waals surface area contributed by atoms with Gasteiger partial charge in [0.2, 0.25) is 5.91 Å². The predicted octanol–water partition coefficient (Wildman–Crippen LogP) is 3.14. The number of amides is 3. The zero-order valence-corrected chi connectivity index (χ0v) is 16.5. The molecule has 3 N–H and O–H groups in total. The first kappa shape index (κ1) is 23.4. The summed E-state index contributed by atoms with van der Waals surface area (Å²) in [6, 6.07) is 1.48. The zero-order chi connectivity index (χ0) is 20.9. The maximum atomic E-state index is 13.4. The molecule has 3 amide bonds. The smallest absolute Gasteiger partial charge is 0.315 e. The Morgan fingerprint density at radius 1 is 1.07 bits per heavy atom. The topological polar surface area (TPSA) is 70.2 Å². The Morgan fingerprint density at radius 2 is 1.75 bits per heavy atom. The molecule has 7 heteroatoms. The second kappa shape index (κ2) is 12.7. The largest absolute Gasteiger partial charge is 0.343 e. The number of carbonyl (C=O) groups is 2. The third-order valence-electron chi connectivity index (χ3n) is 4.09. The standard InChI is InChI=1S/C21H29F2N3O2/c1-4-9-24-20(27)19(13-16-11-17(22)14-18(23)12-16)26-21(28)25-10-7-5-6-8-15(2)3/h1,11-12,14-15,19H,5-10,13H2,2-3H3,(H,24,27)(H2,25,26,28)/t19-/m0/s1. The SMILES string of the molecule is C#CCNC(=O)[C@H](Cc1cc(F)cc(F)c1)NC(=O)NCCCCCC(C)C. The van der Waals surface area contributed by atoms with Gasteiger partial charge in [-0.1, -0.05) is 39.0 Å². The van der Waals surface area contributed by atoms with Crippen molar-refractivity contribution in [3.63, 3.8) is 0 Å². The van der Waals surface area contributed by atoms with Gasteiger partial charge < -0.3 is 16.0 Å². The van der Waals surface area contributed by atoms with Crippen molar-refractivity contribution in [3.8, 4) is 12.3 Å². The van der Waals surface area contributed by atoms with Crippen LogP contribution in [0.4, 0.5) is 13.6 Å². The molecule has 154 valence electrons. The summed E-state index contributed by atoms with van der Waals surface area (Å²) in [6.07, 6.45) is 9.16. The molecule has 1 rings (SSSR count). The highest BCUT2D eigenvalue weighted by molar-refractivity contribution is 5.87. The number of urea groups is 1. The molecule has 5 nitrogen and oxygen atoms in total. The van der Waals surface area contributed by atoms with Gasteiger partial charge in [0.1, 0.15) is 17.7 Å². The van der Waals surface area contributed by atoms with E-state index in [4.69, 9.17) is 6.42 Å². The van der Waals surface area contributed by atoms with Crippen LogP contribution in [0.1, 0.15) is 45.1 Å². The number of benzene rings is 1. The van der Waals surface area contributed by atoms with Crippen molar-refractivity contribution in [1.29, 1.82) is 0 Å². The summed E-state index contributed by atoms with van der Waals surface area (Å²) in [5.74, 6) is 0.917. The third kappa shape index (κ3) is 9.91. The van der Waals surface area contributed by atoms with Crippen LogP contribution in [0.3, 0.4) is 0 Å². The van der Waals surface area contributed by atoms with E-state index >= 15 is 0 Å². The van der Waals surface area contributed by atoms with E-state index in [0.717, 1.165) is 43.9 Å². The van der Waals surface area contributed by atoms with Gasteiger partial charge in [-0.05, 0) is 30.0 Å². The Balaban J connectivity index is 2.58. The van der Waals surface area contributed by atoms with Crippen molar-refractivity contribution in [1.82, 2.24) is 16.0 Å². The average Bonchev–Trinajstić information content (AvgIpc) is 2.61. The number of halogens is 2. The van der Waals surface area contributed by atoms with Crippen LogP contribution in [0.15, 0.2) is 18.2 Å². The van der Waals surface area contributed by atoms with Crippen LogP contribution in [-0.4, -0.2) is 31.1 Å². The van der Waals surface area contributed by atoms with Crippen molar-refractivity contribution < 1.29 is 18.4 Å². The Labute approximate surface area is 165 Å². The minimum absolute atomic E-state index is 0.00794. The zero-order valence-electron chi connectivity index (χ0n) is 16.5. The first-order chi connectivity index (χ1) is 13.3. The molecule has 0 heterocycles. The van der Waals surface area contributed by atoms with Gasteiger partial charge in [-0.25, -0.2) is 13.6 Å². The van der Waals surface area contributed by atoms with Crippen LogP contribution in [0.25, 0.3) is 0 Å². The van der Waals surface area contributed by atoms with E-state index in [2.05, 4.69) is 35.7 Å². The summed E-state index contributed by atoms with van der Waals surface area (Å²) in [7, 11) is 0. The second-order valence-electron chi connectivity index (χ2n) is 7.10. The van der Waals surface area contributed by atoms with Crippen LogP contribution in [0.2, 0.25) is 0 Å². The maximum absolute atomic E-state index is 13.4. The molecule has 0 fully saturated rings. The van der Waals surface area contributed by atoms with Gasteiger partial charge in [0.05, 0.1) is 6.54 Å². The Kier molecular flexibility index (Phi) is 10.6. The van der Waals surface area contributed by atoms with Gasteiger partial charge in [-0.15, -0.1) is 6.42 Å². The van der Waals surface area contributed by atoms with E-state index in [-0.39, 0.29) is 18.5 Å². The van der Waals surface area contributed by atoms with Crippen LogP contribution in [0.5, 0.6) is 0 Å². The Morgan fingerprint density at radius 3 is 2.36 bits per heavy atom. The number of rotatable bonds is 11. The lowest BCUT2D eigenvalue weighted by Crippen LogP contribution is -2.51. The van der Waals surface area contributed by atoms with Crippen LogP contribution in [0, 0.1) is 29.9 Å². The number of hydrogen-bond acceptors (Lipinski definition) is 2. The molecule has 0 aliphatic heterocycles. The quantitative estimate of drug-likeness (QED) is 0.399.